The van der Waals surface area contributed by atoms with Crippen molar-refractivity contribution in [3.05, 3.63) is 34.5 Å². The molecule has 0 bridgehead atoms. The monoisotopic (exact) mass is 340 g/mol. The molecule has 0 aromatic heterocycles. The highest BCUT2D eigenvalue weighted by Crippen LogP contribution is 2.55. The zero-order chi connectivity index (χ0) is 18.5. The summed E-state index contributed by atoms with van der Waals surface area (Å²) >= 11 is 0. The number of hydrogen-bond acceptors (Lipinski definition) is 1. The van der Waals surface area contributed by atoms with Crippen molar-refractivity contribution in [2.45, 2.75) is 95.9 Å². The second kappa shape index (κ2) is 6.14. The van der Waals surface area contributed by atoms with Gasteiger partial charge in [0.1, 0.15) is 6.10 Å². The van der Waals surface area contributed by atoms with Gasteiger partial charge in [-0.25, -0.2) is 13.1 Å². The van der Waals surface area contributed by atoms with Crippen LogP contribution >= 0.6 is 0 Å². The summed E-state index contributed by atoms with van der Waals surface area (Å²) in [4.78, 5) is 7.90. The van der Waals surface area contributed by atoms with Crippen LogP contribution in [-0.2, 0) is 4.74 Å². The molecule has 6 atom stereocenters. The van der Waals surface area contributed by atoms with Crippen molar-refractivity contribution in [2.75, 3.05) is 0 Å². The van der Waals surface area contributed by atoms with Crippen molar-refractivity contribution < 1.29 is 4.74 Å². The van der Waals surface area contributed by atoms with Crippen molar-refractivity contribution in [2.24, 2.45) is 17.8 Å². The lowest BCUT2D eigenvalue weighted by Gasteiger charge is -2.49. The van der Waals surface area contributed by atoms with Gasteiger partial charge >= 0.3 is 0 Å². The molecule has 0 spiro atoms. The fourth-order valence-electron chi connectivity index (χ4n) is 5.61. The van der Waals surface area contributed by atoms with Crippen LogP contribution in [0.1, 0.15) is 73.1 Å². The van der Waals surface area contributed by atoms with Crippen LogP contribution in [0.2, 0.25) is 0 Å². The van der Waals surface area contributed by atoms with E-state index in [1.165, 1.54) is 5.57 Å². The third-order valence-electron chi connectivity index (χ3n) is 7.45. The van der Waals surface area contributed by atoms with Gasteiger partial charge in [-0.3, -0.25) is 0 Å². The first-order valence-corrected chi connectivity index (χ1v) is 9.77. The average Bonchev–Trinajstić information content (AvgIpc) is 2.99. The van der Waals surface area contributed by atoms with Crippen LogP contribution in [0.4, 0.5) is 0 Å². The van der Waals surface area contributed by atoms with Gasteiger partial charge in [0.05, 0.1) is 5.60 Å². The molecule has 1 heterocycles. The molecule has 1 saturated heterocycles. The molecular weight excluding hydrogens is 308 g/mol. The molecule has 25 heavy (non-hydrogen) atoms. The first-order valence-electron chi connectivity index (χ1n) is 9.77. The minimum atomic E-state index is -0.449. The molecule has 0 amide bonds. The summed E-state index contributed by atoms with van der Waals surface area (Å²) in [5, 5.41) is 0. The Balaban J connectivity index is 1.89. The van der Waals surface area contributed by atoms with E-state index in [4.69, 9.17) is 17.9 Å². The van der Waals surface area contributed by atoms with E-state index in [1.54, 1.807) is 0 Å². The van der Waals surface area contributed by atoms with Crippen LogP contribution in [0.5, 0.6) is 0 Å². The predicted octanol–water partition coefficient (Wildman–Crippen LogP) is 5.68. The zero-order valence-corrected chi connectivity index (χ0v) is 16.4. The lowest BCUT2D eigenvalue weighted by Crippen LogP contribution is -2.52. The Morgan fingerprint density at radius 1 is 1.12 bits per heavy atom. The van der Waals surface area contributed by atoms with Gasteiger partial charge in [-0.1, -0.05) is 11.6 Å². The number of ether oxygens (including phenoxy) is 1. The highest BCUT2D eigenvalue weighted by molar-refractivity contribution is 5.20. The van der Waals surface area contributed by atoms with E-state index in [0.717, 1.165) is 38.5 Å². The standard InChI is InChI=1S/C22H32N2O/c1-15-8-9-17-16(14-15)18(10-12-21(17,4)24-7)22(5)13-11-19(25-22)20(2,3)23-6/h14,16-19H,8-13H2,1-5H3/t16-,17+,18-,19-,21-,22+/m1/s1. The maximum Gasteiger partial charge on any atom is 0.252 e. The molecule has 3 aliphatic rings. The number of fused-ring (bicyclic) bond motifs is 1. The molecule has 0 aromatic carbocycles. The van der Waals surface area contributed by atoms with Crippen molar-refractivity contribution in [3.63, 3.8) is 0 Å². The fourth-order valence-corrected chi connectivity index (χ4v) is 5.61. The molecule has 2 fully saturated rings. The molecular formula is C22H32N2O. The van der Waals surface area contributed by atoms with Crippen LogP contribution in [0.15, 0.2) is 11.6 Å². The largest absolute Gasteiger partial charge is 0.363 e. The Labute approximate surface area is 153 Å². The first-order chi connectivity index (χ1) is 11.6. The molecule has 3 rings (SSSR count). The van der Waals surface area contributed by atoms with Gasteiger partial charge in [0.2, 0.25) is 5.54 Å². The van der Waals surface area contributed by atoms with Crippen LogP contribution in [0, 0.1) is 30.9 Å². The van der Waals surface area contributed by atoms with E-state index in [0.29, 0.717) is 17.8 Å². The van der Waals surface area contributed by atoms with Gasteiger partial charge in [-0.15, -0.1) is 0 Å². The molecule has 136 valence electrons. The van der Waals surface area contributed by atoms with Gasteiger partial charge < -0.3 is 14.4 Å². The fraction of sp³-hybridized carbons (Fsp3) is 0.818. The van der Waals surface area contributed by atoms with Gasteiger partial charge in [0.15, 0.2) is 0 Å². The smallest absolute Gasteiger partial charge is 0.252 e. The van der Waals surface area contributed by atoms with E-state index in [1.807, 2.05) is 13.8 Å². The SMILES string of the molecule is [C-]#[N+]C(C)(C)[C@H]1CC[C@@](C)([C@@H]2CC[C@@](C)([N+]#[C-])[C@H]3CCC(C)=C[C@@H]23)O1. The summed E-state index contributed by atoms with van der Waals surface area (Å²) in [6, 6.07) is 0. The molecule has 0 unspecified atom stereocenters. The molecule has 0 aromatic rings. The lowest BCUT2D eigenvalue weighted by atomic mass is 9.56. The van der Waals surface area contributed by atoms with E-state index in [-0.39, 0.29) is 17.2 Å². The summed E-state index contributed by atoms with van der Waals surface area (Å²) in [7, 11) is 0. The minimum Gasteiger partial charge on any atom is -0.363 e. The average molecular weight is 341 g/mol. The van der Waals surface area contributed by atoms with Crippen LogP contribution in [-0.4, -0.2) is 22.8 Å². The molecule has 1 aliphatic heterocycles. The maximum atomic E-state index is 7.77. The number of allylic oxidation sites excluding steroid dienone is 2. The highest BCUT2D eigenvalue weighted by atomic mass is 16.5. The summed E-state index contributed by atoms with van der Waals surface area (Å²) in [5.74, 6) is 1.36. The number of rotatable bonds is 2. The summed E-state index contributed by atoms with van der Waals surface area (Å²) in [6.45, 7) is 25.9. The molecule has 3 heteroatoms. The normalized spacial score (nSPS) is 44.4. The second-order valence-corrected chi connectivity index (χ2v) is 9.57. The molecule has 0 radical (unpaired) electrons. The van der Waals surface area contributed by atoms with Gasteiger partial charge in [0, 0.05) is 33.1 Å². The second-order valence-electron chi connectivity index (χ2n) is 9.57. The molecule has 2 aliphatic carbocycles. The molecule has 1 saturated carbocycles. The van der Waals surface area contributed by atoms with Crippen molar-refractivity contribution in [1.82, 2.24) is 0 Å². The Morgan fingerprint density at radius 2 is 1.84 bits per heavy atom. The molecule has 0 N–H and O–H groups in total. The zero-order valence-electron chi connectivity index (χ0n) is 16.4. The van der Waals surface area contributed by atoms with Crippen molar-refractivity contribution in [1.29, 1.82) is 0 Å². The van der Waals surface area contributed by atoms with Gasteiger partial charge in [-0.2, -0.15) is 0 Å². The predicted molar refractivity (Wildman–Crippen MR) is 101 cm³/mol. The Kier molecular flexibility index (Phi) is 4.53. The quantitative estimate of drug-likeness (QED) is 0.467. The van der Waals surface area contributed by atoms with E-state index in [2.05, 4.69) is 36.5 Å². The first kappa shape index (κ1) is 18.5. The summed E-state index contributed by atoms with van der Waals surface area (Å²) < 4.78 is 6.61. The van der Waals surface area contributed by atoms with Crippen molar-refractivity contribution in [3.8, 4) is 0 Å². The third-order valence-corrected chi connectivity index (χ3v) is 7.45. The number of nitrogens with zero attached hydrogens (tertiary/aromatic N) is 2. The minimum absolute atomic E-state index is 0.0243. The third kappa shape index (κ3) is 3.02. The van der Waals surface area contributed by atoms with Gasteiger partial charge in [0.25, 0.3) is 5.54 Å². The maximum absolute atomic E-state index is 7.77. The Hall–Kier alpha value is -1.32. The highest BCUT2D eigenvalue weighted by Gasteiger charge is 2.58. The lowest BCUT2D eigenvalue weighted by molar-refractivity contribution is -0.112. The van der Waals surface area contributed by atoms with Crippen LogP contribution < -0.4 is 0 Å². The molecule has 3 nitrogen and oxygen atoms in total. The van der Waals surface area contributed by atoms with E-state index in [9.17, 15) is 0 Å². The van der Waals surface area contributed by atoms with Crippen LogP contribution in [0.25, 0.3) is 9.69 Å². The van der Waals surface area contributed by atoms with Crippen LogP contribution in [0.3, 0.4) is 0 Å². The van der Waals surface area contributed by atoms with E-state index >= 15 is 0 Å². The van der Waals surface area contributed by atoms with Crippen molar-refractivity contribution >= 4 is 0 Å². The Morgan fingerprint density at radius 3 is 2.48 bits per heavy atom. The summed E-state index contributed by atoms with van der Waals surface area (Å²) in [6.07, 6.45) is 8.80. The number of hydrogen-bond donors (Lipinski definition) is 0. The Bertz CT molecular complexity index is 652. The van der Waals surface area contributed by atoms with Gasteiger partial charge in [-0.05, 0) is 57.8 Å². The summed E-state index contributed by atoms with van der Waals surface area (Å²) in [5.41, 5.74) is 0.644. The topological polar surface area (TPSA) is 18.0 Å². The van der Waals surface area contributed by atoms with E-state index < -0.39 is 5.54 Å².